The number of carbonyl (C=O) groups excluding carboxylic acids is 1. The summed E-state index contributed by atoms with van der Waals surface area (Å²) in [5.41, 5.74) is 0.268. The molecule has 5 heteroatoms. The summed E-state index contributed by atoms with van der Waals surface area (Å²) in [4.78, 5) is 14.1. The van der Waals surface area contributed by atoms with Crippen molar-refractivity contribution in [3.63, 3.8) is 0 Å². The summed E-state index contributed by atoms with van der Waals surface area (Å²) < 4.78 is 13.3. The second-order valence-corrected chi connectivity index (χ2v) is 5.37. The number of halogens is 2. The zero-order valence-electron chi connectivity index (χ0n) is 9.83. The van der Waals surface area contributed by atoms with Crippen LogP contribution in [0.25, 0.3) is 0 Å². The summed E-state index contributed by atoms with van der Waals surface area (Å²) in [6.45, 7) is 3.41. The number of nitrogens with one attached hydrogen (secondary N) is 1. The van der Waals surface area contributed by atoms with Crippen molar-refractivity contribution in [1.29, 1.82) is 0 Å². The van der Waals surface area contributed by atoms with Gasteiger partial charge in [-0.1, -0.05) is 17.7 Å². The van der Waals surface area contributed by atoms with Gasteiger partial charge in [-0.3, -0.25) is 4.79 Å². The molecule has 1 aromatic carbocycles. The molecule has 0 saturated carbocycles. The smallest absolute Gasteiger partial charge is 0.255 e. The molecule has 2 aliphatic heterocycles. The molecule has 3 nitrogen and oxygen atoms in total. The van der Waals surface area contributed by atoms with Crippen LogP contribution in [-0.4, -0.2) is 37.0 Å². The summed E-state index contributed by atoms with van der Waals surface area (Å²) in [7, 11) is 0. The highest BCUT2D eigenvalue weighted by Crippen LogP contribution is 2.29. The zero-order chi connectivity index (χ0) is 12.7. The van der Waals surface area contributed by atoms with Crippen molar-refractivity contribution in [1.82, 2.24) is 10.2 Å². The first-order valence-electron chi connectivity index (χ1n) is 6.11. The van der Waals surface area contributed by atoms with Crippen molar-refractivity contribution in [2.24, 2.45) is 11.8 Å². The lowest BCUT2D eigenvalue weighted by atomic mass is 10.0. The van der Waals surface area contributed by atoms with E-state index in [1.807, 2.05) is 0 Å². The van der Waals surface area contributed by atoms with Crippen molar-refractivity contribution in [2.75, 3.05) is 26.2 Å². The van der Waals surface area contributed by atoms with Crippen LogP contribution >= 0.6 is 11.6 Å². The maximum absolute atomic E-state index is 13.3. The molecule has 0 bridgehead atoms. The molecule has 1 amide bonds. The van der Waals surface area contributed by atoms with E-state index in [1.165, 1.54) is 12.1 Å². The lowest BCUT2D eigenvalue weighted by Gasteiger charge is -2.18. The lowest BCUT2D eigenvalue weighted by molar-refractivity contribution is 0.0781. The molecule has 2 fully saturated rings. The molecule has 1 N–H and O–H groups in total. The molecular weight excluding hydrogens is 255 g/mol. The molecule has 0 spiro atoms. The number of rotatable bonds is 1. The standard InChI is InChI=1S/C13H14ClFN2O/c14-12-10(2-1-3-11(12)15)13(18)17-6-8-4-16-5-9(8)7-17/h1-3,8-9,16H,4-7H2. The number of amides is 1. The predicted molar refractivity (Wildman–Crippen MR) is 67.2 cm³/mol. The van der Waals surface area contributed by atoms with Crippen molar-refractivity contribution in [2.45, 2.75) is 0 Å². The van der Waals surface area contributed by atoms with Crippen LogP contribution < -0.4 is 5.32 Å². The molecular formula is C13H14ClFN2O. The van der Waals surface area contributed by atoms with Crippen LogP contribution in [0.5, 0.6) is 0 Å². The first-order chi connectivity index (χ1) is 8.66. The molecule has 0 aliphatic carbocycles. The van der Waals surface area contributed by atoms with Crippen LogP contribution in [0.1, 0.15) is 10.4 Å². The molecule has 96 valence electrons. The lowest BCUT2D eigenvalue weighted by Crippen LogP contribution is -2.32. The summed E-state index contributed by atoms with van der Waals surface area (Å²) in [6, 6.07) is 4.37. The zero-order valence-corrected chi connectivity index (χ0v) is 10.6. The summed E-state index contributed by atoms with van der Waals surface area (Å²) in [6.07, 6.45) is 0. The predicted octanol–water partition coefficient (Wildman–Crippen LogP) is 1.77. The Hall–Kier alpha value is -1.13. The Bertz CT molecular complexity index is 482. The van der Waals surface area contributed by atoms with Gasteiger partial charge in [0.2, 0.25) is 0 Å². The average Bonchev–Trinajstić information content (AvgIpc) is 2.92. The fraction of sp³-hybridized carbons (Fsp3) is 0.462. The second-order valence-electron chi connectivity index (χ2n) is 4.99. The van der Waals surface area contributed by atoms with Gasteiger partial charge in [0.05, 0.1) is 10.6 Å². The van der Waals surface area contributed by atoms with Gasteiger partial charge in [-0.05, 0) is 24.0 Å². The van der Waals surface area contributed by atoms with Gasteiger partial charge in [0, 0.05) is 26.2 Å². The highest BCUT2D eigenvalue weighted by Gasteiger charge is 2.38. The minimum absolute atomic E-state index is 0.0716. The Morgan fingerprint density at radius 2 is 2.00 bits per heavy atom. The van der Waals surface area contributed by atoms with Crippen LogP contribution in [0.2, 0.25) is 5.02 Å². The number of hydrogen-bond acceptors (Lipinski definition) is 2. The van der Waals surface area contributed by atoms with Gasteiger partial charge in [-0.25, -0.2) is 4.39 Å². The van der Waals surface area contributed by atoms with E-state index < -0.39 is 5.82 Å². The maximum atomic E-state index is 13.3. The van der Waals surface area contributed by atoms with Crippen molar-refractivity contribution in [3.8, 4) is 0 Å². The van der Waals surface area contributed by atoms with Gasteiger partial charge in [-0.15, -0.1) is 0 Å². The normalized spacial score (nSPS) is 26.4. The topological polar surface area (TPSA) is 32.3 Å². The van der Waals surface area contributed by atoms with E-state index in [9.17, 15) is 9.18 Å². The SMILES string of the molecule is O=C(c1cccc(F)c1Cl)N1CC2CNCC2C1. The molecule has 0 aromatic heterocycles. The van der Waals surface area contributed by atoms with Gasteiger partial charge in [-0.2, -0.15) is 0 Å². The first-order valence-corrected chi connectivity index (χ1v) is 6.48. The third-order valence-corrected chi connectivity index (χ3v) is 4.24. The largest absolute Gasteiger partial charge is 0.338 e. The van der Waals surface area contributed by atoms with Crippen LogP contribution in [0.3, 0.4) is 0 Å². The number of fused-ring (bicyclic) bond motifs is 1. The van der Waals surface area contributed by atoms with E-state index in [1.54, 1.807) is 11.0 Å². The highest BCUT2D eigenvalue weighted by molar-refractivity contribution is 6.34. The van der Waals surface area contributed by atoms with Gasteiger partial charge >= 0.3 is 0 Å². The minimum atomic E-state index is -0.538. The molecule has 2 aliphatic rings. The van der Waals surface area contributed by atoms with Crippen molar-refractivity contribution >= 4 is 17.5 Å². The molecule has 3 rings (SSSR count). The Morgan fingerprint density at radius 1 is 1.33 bits per heavy atom. The highest BCUT2D eigenvalue weighted by atomic mass is 35.5. The summed E-state index contributed by atoms with van der Waals surface area (Å²) in [5, 5.41) is 3.25. The maximum Gasteiger partial charge on any atom is 0.255 e. The summed E-state index contributed by atoms with van der Waals surface area (Å²) in [5.74, 6) is 0.361. The van der Waals surface area contributed by atoms with Crippen molar-refractivity contribution < 1.29 is 9.18 Å². The first kappa shape index (κ1) is 11.9. The monoisotopic (exact) mass is 268 g/mol. The van der Waals surface area contributed by atoms with Crippen LogP contribution in [0.4, 0.5) is 4.39 Å². The Labute approximate surface area is 110 Å². The average molecular weight is 269 g/mol. The number of likely N-dealkylation sites (tertiary alicyclic amines) is 1. The third kappa shape index (κ3) is 1.89. The number of hydrogen-bond donors (Lipinski definition) is 1. The van der Waals surface area contributed by atoms with Gasteiger partial charge in [0.1, 0.15) is 5.82 Å². The molecule has 0 radical (unpaired) electrons. The number of nitrogens with zero attached hydrogens (tertiary/aromatic N) is 1. The van der Waals surface area contributed by atoms with Gasteiger partial charge in [0.25, 0.3) is 5.91 Å². The van der Waals surface area contributed by atoms with Crippen LogP contribution in [0, 0.1) is 17.7 Å². The quantitative estimate of drug-likeness (QED) is 0.842. The fourth-order valence-corrected chi connectivity index (χ4v) is 3.07. The van der Waals surface area contributed by atoms with E-state index in [2.05, 4.69) is 5.32 Å². The van der Waals surface area contributed by atoms with E-state index in [0.29, 0.717) is 11.8 Å². The number of carbonyl (C=O) groups is 1. The van der Waals surface area contributed by atoms with E-state index in [-0.39, 0.29) is 16.5 Å². The van der Waals surface area contributed by atoms with Crippen LogP contribution in [-0.2, 0) is 0 Å². The van der Waals surface area contributed by atoms with Crippen LogP contribution in [0.15, 0.2) is 18.2 Å². The second kappa shape index (κ2) is 4.52. The Morgan fingerprint density at radius 3 is 2.67 bits per heavy atom. The molecule has 2 heterocycles. The molecule has 2 saturated heterocycles. The molecule has 1 aromatic rings. The van der Waals surface area contributed by atoms with E-state index in [4.69, 9.17) is 11.6 Å². The molecule has 2 atom stereocenters. The number of benzene rings is 1. The fourth-order valence-electron chi connectivity index (χ4n) is 2.86. The van der Waals surface area contributed by atoms with E-state index in [0.717, 1.165) is 26.2 Å². The molecule has 18 heavy (non-hydrogen) atoms. The molecule has 2 unspecified atom stereocenters. The third-order valence-electron chi connectivity index (χ3n) is 3.86. The Kier molecular flexibility index (Phi) is 2.99. The minimum Gasteiger partial charge on any atom is -0.338 e. The van der Waals surface area contributed by atoms with E-state index >= 15 is 0 Å². The van der Waals surface area contributed by atoms with Gasteiger partial charge < -0.3 is 10.2 Å². The Balaban J connectivity index is 1.81. The summed E-state index contributed by atoms with van der Waals surface area (Å²) >= 11 is 5.85. The van der Waals surface area contributed by atoms with Gasteiger partial charge in [0.15, 0.2) is 0 Å². The van der Waals surface area contributed by atoms with Crippen molar-refractivity contribution in [3.05, 3.63) is 34.6 Å².